The van der Waals surface area contributed by atoms with Gasteiger partial charge in [-0.2, -0.15) is 5.26 Å². The number of benzene rings is 2. The van der Waals surface area contributed by atoms with Crippen molar-refractivity contribution >= 4 is 17.4 Å². The summed E-state index contributed by atoms with van der Waals surface area (Å²) in [6, 6.07) is 13.0. The van der Waals surface area contributed by atoms with Gasteiger partial charge in [0, 0.05) is 30.6 Å². The molecule has 1 aromatic heterocycles. The van der Waals surface area contributed by atoms with E-state index in [1.54, 1.807) is 23.2 Å². The summed E-state index contributed by atoms with van der Waals surface area (Å²) in [6.07, 6.45) is 3.31. The summed E-state index contributed by atoms with van der Waals surface area (Å²) in [5, 5.41) is 41.2. The lowest BCUT2D eigenvalue weighted by atomic mass is 10.1. The van der Waals surface area contributed by atoms with Gasteiger partial charge in [0.15, 0.2) is 11.3 Å². The van der Waals surface area contributed by atoms with Crippen LogP contribution in [0, 0.1) is 21.4 Å². The number of methoxy groups -OCH3 is 1. The molecular formula is C22H19N5O6. The van der Waals surface area contributed by atoms with Crippen molar-refractivity contribution in [2.24, 2.45) is 0 Å². The second-order valence-electron chi connectivity index (χ2n) is 6.91. The largest absolute Gasteiger partial charge is 0.506 e. The number of aromatic nitrogens is 2. The molecule has 0 spiro atoms. The Hall–Kier alpha value is -4.85. The molecule has 0 saturated carbocycles. The third-order valence-electron chi connectivity index (χ3n) is 4.74. The van der Waals surface area contributed by atoms with Gasteiger partial charge in [0.2, 0.25) is 5.75 Å². The number of nitro groups is 1. The number of para-hydroxylation sites is 1. The summed E-state index contributed by atoms with van der Waals surface area (Å²) in [6.45, 7) is 0.0379. The topological polar surface area (TPSA) is 155 Å². The van der Waals surface area contributed by atoms with Crippen LogP contribution in [0.25, 0.3) is 11.4 Å². The highest BCUT2D eigenvalue weighted by molar-refractivity contribution is 6.03. The number of nitriles is 1. The van der Waals surface area contributed by atoms with E-state index in [1.165, 1.54) is 19.1 Å². The highest BCUT2D eigenvalue weighted by Gasteiger charge is 2.26. The third kappa shape index (κ3) is 4.75. The molecule has 3 aromatic rings. The molecule has 0 atom stereocenters. The second-order valence-corrected chi connectivity index (χ2v) is 6.91. The van der Waals surface area contributed by atoms with Crippen LogP contribution in [0.5, 0.6) is 11.5 Å². The number of carbonyl (C=O) groups is 1. The van der Waals surface area contributed by atoms with Crippen LogP contribution in [0.1, 0.15) is 11.3 Å². The maximum Gasteiger partial charge on any atom is 0.315 e. The van der Waals surface area contributed by atoms with E-state index in [0.29, 0.717) is 5.69 Å². The fourth-order valence-electron chi connectivity index (χ4n) is 3.06. The SMILES string of the molecule is COc1cc(/C(O)=C(\C#N)C(=O)N(C)Cc2cn(-c3ccccc3)cn2)cc([N+](=O)[O-])c1O. The maximum absolute atomic E-state index is 12.8. The molecule has 3 rings (SSSR count). The number of ether oxygens (including phenoxy) is 1. The number of phenols is 1. The number of rotatable bonds is 7. The van der Waals surface area contributed by atoms with Crippen LogP contribution < -0.4 is 4.74 Å². The van der Waals surface area contributed by atoms with Crippen molar-refractivity contribution < 1.29 is 24.7 Å². The van der Waals surface area contributed by atoms with Gasteiger partial charge < -0.3 is 24.4 Å². The van der Waals surface area contributed by atoms with Crippen molar-refractivity contribution in [1.29, 1.82) is 5.26 Å². The molecule has 1 heterocycles. The van der Waals surface area contributed by atoms with Crippen LogP contribution in [0.15, 0.2) is 60.6 Å². The summed E-state index contributed by atoms with van der Waals surface area (Å²) < 4.78 is 6.66. The average Bonchev–Trinajstić information content (AvgIpc) is 3.28. The van der Waals surface area contributed by atoms with Gasteiger partial charge in [0.25, 0.3) is 5.91 Å². The summed E-state index contributed by atoms with van der Waals surface area (Å²) in [4.78, 5) is 28.6. The number of hydrogen-bond acceptors (Lipinski definition) is 8. The molecule has 0 aliphatic heterocycles. The first kappa shape index (κ1) is 22.8. The Morgan fingerprint density at radius 2 is 2.03 bits per heavy atom. The molecule has 0 radical (unpaired) electrons. The number of aliphatic hydroxyl groups is 1. The van der Waals surface area contributed by atoms with E-state index in [-0.39, 0.29) is 17.9 Å². The van der Waals surface area contributed by atoms with E-state index in [0.717, 1.165) is 17.8 Å². The minimum absolute atomic E-state index is 0.0379. The van der Waals surface area contributed by atoms with Crippen molar-refractivity contribution in [1.82, 2.24) is 14.5 Å². The van der Waals surface area contributed by atoms with Gasteiger partial charge >= 0.3 is 5.69 Å². The van der Waals surface area contributed by atoms with Gasteiger partial charge in [-0.25, -0.2) is 4.98 Å². The van der Waals surface area contributed by atoms with Crippen LogP contribution in [-0.4, -0.2) is 49.7 Å². The lowest BCUT2D eigenvalue weighted by Crippen LogP contribution is -2.28. The first-order chi connectivity index (χ1) is 15.8. The van der Waals surface area contributed by atoms with Crippen molar-refractivity contribution in [2.75, 3.05) is 14.2 Å². The van der Waals surface area contributed by atoms with Crippen molar-refractivity contribution in [3.8, 4) is 23.3 Å². The number of carbonyl (C=O) groups excluding carboxylic acids is 1. The Balaban J connectivity index is 1.89. The van der Waals surface area contributed by atoms with E-state index in [2.05, 4.69) is 4.98 Å². The van der Waals surface area contributed by atoms with Crippen LogP contribution in [0.3, 0.4) is 0 Å². The molecule has 0 aliphatic rings. The lowest BCUT2D eigenvalue weighted by Gasteiger charge is -2.16. The van der Waals surface area contributed by atoms with E-state index in [1.807, 2.05) is 30.3 Å². The Kier molecular flexibility index (Phi) is 6.59. The normalized spacial score (nSPS) is 11.3. The molecule has 168 valence electrons. The smallest absolute Gasteiger partial charge is 0.315 e. The second kappa shape index (κ2) is 9.52. The van der Waals surface area contributed by atoms with Crippen molar-refractivity contribution in [3.63, 3.8) is 0 Å². The van der Waals surface area contributed by atoms with E-state index >= 15 is 0 Å². The Morgan fingerprint density at radius 3 is 2.64 bits per heavy atom. The zero-order valence-electron chi connectivity index (χ0n) is 17.7. The van der Waals surface area contributed by atoms with E-state index in [9.17, 15) is 30.4 Å². The molecule has 2 N–H and O–H groups in total. The van der Waals surface area contributed by atoms with Crippen molar-refractivity contribution in [2.45, 2.75) is 6.54 Å². The molecule has 0 aliphatic carbocycles. The number of aromatic hydroxyl groups is 1. The number of nitro benzene ring substituents is 1. The highest BCUT2D eigenvalue weighted by Crippen LogP contribution is 2.38. The minimum Gasteiger partial charge on any atom is -0.506 e. The summed E-state index contributed by atoms with van der Waals surface area (Å²) >= 11 is 0. The molecule has 0 saturated heterocycles. The van der Waals surface area contributed by atoms with Crippen LogP contribution in [0.4, 0.5) is 5.69 Å². The predicted molar refractivity (Wildman–Crippen MR) is 117 cm³/mol. The quantitative estimate of drug-likeness (QED) is 0.183. The lowest BCUT2D eigenvalue weighted by molar-refractivity contribution is -0.386. The predicted octanol–water partition coefficient (Wildman–Crippen LogP) is 2.95. The fraction of sp³-hybridized carbons (Fsp3) is 0.136. The number of phenolic OH excluding ortho intramolecular Hbond substituents is 1. The standard InChI is InChI=1S/C22H19N5O6/c1-25(11-15-12-26(13-24-15)16-6-4-3-5-7-16)22(30)17(10-23)20(28)14-8-18(27(31)32)21(29)19(9-14)33-2/h3-9,12-13,28-29H,11H2,1-2H3/b20-17-. The monoisotopic (exact) mass is 449 g/mol. The first-order valence-electron chi connectivity index (χ1n) is 9.49. The Bertz CT molecular complexity index is 1280. The molecule has 0 unspecified atom stereocenters. The molecule has 0 bridgehead atoms. The summed E-state index contributed by atoms with van der Waals surface area (Å²) in [7, 11) is 2.59. The number of nitrogens with zero attached hydrogens (tertiary/aromatic N) is 5. The number of hydrogen-bond donors (Lipinski definition) is 2. The maximum atomic E-state index is 12.8. The highest BCUT2D eigenvalue weighted by atomic mass is 16.6. The number of aliphatic hydroxyl groups excluding tert-OH is 1. The van der Waals surface area contributed by atoms with Gasteiger partial charge in [0.1, 0.15) is 11.8 Å². The number of likely N-dealkylation sites (N-methyl/N-ethyl adjacent to an activating group) is 1. The van der Waals surface area contributed by atoms with Crippen LogP contribution >= 0.6 is 0 Å². The third-order valence-corrected chi connectivity index (χ3v) is 4.74. The number of amides is 1. The van der Waals surface area contributed by atoms with Crippen LogP contribution in [0.2, 0.25) is 0 Å². The van der Waals surface area contributed by atoms with Gasteiger partial charge in [-0.05, 0) is 18.2 Å². The fourth-order valence-corrected chi connectivity index (χ4v) is 3.06. The molecule has 2 aromatic carbocycles. The first-order valence-corrected chi connectivity index (χ1v) is 9.49. The zero-order valence-corrected chi connectivity index (χ0v) is 17.7. The van der Waals surface area contributed by atoms with Gasteiger partial charge in [0.05, 0.1) is 30.6 Å². The van der Waals surface area contributed by atoms with Gasteiger partial charge in [-0.1, -0.05) is 18.2 Å². The average molecular weight is 449 g/mol. The summed E-state index contributed by atoms with van der Waals surface area (Å²) in [5.74, 6) is -2.64. The molecule has 0 fully saturated rings. The van der Waals surface area contributed by atoms with Crippen LogP contribution in [-0.2, 0) is 11.3 Å². The van der Waals surface area contributed by atoms with E-state index in [4.69, 9.17) is 4.74 Å². The van der Waals surface area contributed by atoms with Gasteiger partial charge in [-0.15, -0.1) is 0 Å². The molecule has 33 heavy (non-hydrogen) atoms. The summed E-state index contributed by atoms with van der Waals surface area (Å²) in [5.41, 5.74) is -0.206. The minimum atomic E-state index is -0.877. The van der Waals surface area contributed by atoms with Gasteiger partial charge in [-0.3, -0.25) is 14.9 Å². The van der Waals surface area contributed by atoms with E-state index < -0.39 is 33.6 Å². The zero-order chi connectivity index (χ0) is 24.1. The Morgan fingerprint density at radius 1 is 1.33 bits per heavy atom. The molecule has 11 heteroatoms. The molecular weight excluding hydrogens is 430 g/mol. The molecule has 1 amide bonds. The van der Waals surface area contributed by atoms with Crippen molar-refractivity contribution in [3.05, 3.63) is 81.9 Å². The number of imidazole rings is 1. The Labute approximate surface area is 188 Å². The molecule has 11 nitrogen and oxygen atoms in total.